The monoisotopic (exact) mass is 431 g/mol. The van der Waals surface area contributed by atoms with E-state index in [1.165, 1.54) is 23.9 Å². The molecule has 0 unspecified atom stereocenters. The van der Waals surface area contributed by atoms with Crippen molar-refractivity contribution in [2.75, 3.05) is 23.0 Å². The van der Waals surface area contributed by atoms with Crippen LogP contribution in [0.25, 0.3) is 11.0 Å². The van der Waals surface area contributed by atoms with Gasteiger partial charge in [-0.1, -0.05) is 11.8 Å². The van der Waals surface area contributed by atoms with Gasteiger partial charge < -0.3 is 4.57 Å². The summed E-state index contributed by atoms with van der Waals surface area (Å²) >= 11 is 1.32. The summed E-state index contributed by atoms with van der Waals surface area (Å²) in [6.45, 7) is 0. The van der Waals surface area contributed by atoms with E-state index in [4.69, 9.17) is 0 Å². The van der Waals surface area contributed by atoms with Gasteiger partial charge in [0.1, 0.15) is 0 Å². The van der Waals surface area contributed by atoms with Gasteiger partial charge in [-0.3, -0.25) is 10.1 Å². The summed E-state index contributed by atoms with van der Waals surface area (Å²) in [5.74, 6) is 0.274. The van der Waals surface area contributed by atoms with Crippen LogP contribution in [-0.4, -0.2) is 59.6 Å². The van der Waals surface area contributed by atoms with Crippen molar-refractivity contribution < 1.29 is 21.8 Å². The highest BCUT2D eigenvalue weighted by Crippen LogP contribution is 2.38. The van der Waals surface area contributed by atoms with Crippen LogP contribution in [0.15, 0.2) is 23.4 Å². The topological polar surface area (TPSA) is 129 Å². The van der Waals surface area contributed by atoms with Gasteiger partial charge in [0.2, 0.25) is 0 Å². The van der Waals surface area contributed by atoms with E-state index < -0.39 is 24.6 Å². The standard InChI is InChI=1S/C15H17N3O6S3/c19-18(20)10-1-2-14-13(7-10)16-15(25-12-4-6-27(23,24)9-12)17(14)11-3-5-26(21,22)8-11/h1-2,7,11-12H,3-6,8-9H2/t11-,12+/m1/s1. The molecule has 0 amide bonds. The van der Waals surface area contributed by atoms with Crippen LogP contribution in [-0.2, 0) is 19.7 Å². The van der Waals surface area contributed by atoms with Crippen molar-refractivity contribution in [1.29, 1.82) is 0 Å². The molecule has 0 bridgehead atoms. The predicted molar refractivity (Wildman–Crippen MR) is 102 cm³/mol. The van der Waals surface area contributed by atoms with Gasteiger partial charge in [0.25, 0.3) is 5.69 Å². The number of nitro groups is 1. The molecule has 0 N–H and O–H groups in total. The fourth-order valence-electron chi connectivity index (χ4n) is 3.60. The molecular weight excluding hydrogens is 414 g/mol. The molecule has 2 aliphatic heterocycles. The van der Waals surface area contributed by atoms with Crippen LogP contribution in [0.1, 0.15) is 18.9 Å². The SMILES string of the molecule is O=[N+]([O-])c1ccc2c(c1)nc(S[C@H]1CCS(=O)(=O)C1)n2[C@@H]1CCS(=O)(=O)C1. The van der Waals surface area contributed by atoms with Crippen LogP contribution in [0.3, 0.4) is 0 Å². The minimum Gasteiger partial charge on any atom is -0.315 e. The largest absolute Gasteiger partial charge is 0.315 e. The molecule has 1 aromatic carbocycles. The number of fused-ring (bicyclic) bond motifs is 1. The number of hydrogen-bond acceptors (Lipinski definition) is 8. The zero-order valence-corrected chi connectivity index (χ0v) is 16.6. The van der Waals surface area contributed by atoms with E-state index in [2.05, 4.69) is 4.98 Å². The molecule has 0 spiro atoms. The van der Waals surface area contributed by atoms with Crippen LogP contribution in [0.2, 0.25) is 0 Å². The number of thioether (sulfide) groups is 1. The summed E-state index contributed by atoms with van der Waals surface area (Å²) in [5.41, 5.74) is 0.953. The van der Waals surface area contributed by atoms with Crippen molar-refractivity contribution in [3.63, 3.8) is 0 Å². The summed E-state index contributed by atoms with van der Waals surface area (Å²) in [4.78, 5) is 15.0. The fraction of sp³-hybridized carbons (Fsp3) is 0.533. The molecular formula is C15H17N3O6S3. The number of aromatic nitrogens is 2. The van der Waals surface area contributed by atoms with Gasteiger partial charge in [0, 0.05) is 17.4 Å². The van der Waals surface area contributed by atoms with Crippen molar-refractivity contribution in [1.82, 2.24) is 9.55 Å². The molecule has 4 rings (SSSR count). The third kappa shape index (κ3) is 3.69. The molecule has 0 radical (unpaired) electrons. The maximum Gasteiger partial charge on any atom is 0.271 e. The normalized spacial score (nSPS) is 26.5. The van der Waals surface area contributed by atoms with Gasteiger partial charge in [-0.25, -0.2) is 21.8 Å². The lowest BCUT2D eigenvalue weighted by atomic mass is 10.2. The molecule has 0 aliphatic carbocycles. The summed E-state index contributed by atoms with van der Waals surface area (Å²) in [6, 6.07) is 4.02. The minimum atomic E-state index is -3.14. The summed E-state index contributed by atoms with van der Waals surface area (Å²) in [5, 5.41) is 11.4. The van der Waals surface area contributed by atoms with Crippen molar-refractivity contribution in [2.24, 2.45) is 0 Å². The Morgan fingerprint density at radius 1 is 1.11 bits per heavy atom. The highest BCUT2D eigenvalue weighted by Gasteiger charge is 2.34. The van der Waals surface area contributed by atoms with Crippen molar-refractivity contribution in [2.45, 2.75) is 29.3 Å². The molecule has 2 aromatic rings. The molecule has 1 aromatic heterocycles. The zero-order chi connectivity index (χ0) is 19.4. The second-order valence-electron chi connectivity index (χ2n) is 6.89. The summed E-state index contributed by atoms with van der Waals surface area (Å²) in [6.07, 6.45) is 0.959. The molecule has 2 atom stereocenters. The van der Waals surface area contributed by atoms with Crippen molar-refractivity contribution >= 4 is 48.2 Å². The second kappa shape index (κ2) is 6.45. The first-order chi connectivity index (χ1) is 12.6. The van der Waals surface area contributed by atoms with Crippen LogP contribution in [0.4, 0.5) is 5.69 Å². The second-order valence-corrected chi connectivity index (χ2v) is 12.6. The lowest BCUT2D eigenvalue weighted by Crippen LogP contribution is -2.14. The van der Waals surface area contributed by atoms with Gasteiger partial charge in [-0.15, -0.1) is 0 Å². The molecule has 27 heavy (non-hydrogen) atoms. The lowest BCUT2D eigenvalue weighted by Gasteiger charge is -2.16. The number of benzene rings is 1. The van der Waals surface area contributed by atoms with Crippen LogP contribution in [0, 0.1) is 10.1 Å². The Labute approximate surface area is 160 Å². The van der Waals surface area contributed by atoms with Gasteiger partial charge in [0.15, 0.2) is 24.8 Å². The van der Waals surface area contributed by atoms with E-state index in [9.17, 15) is 26.9 Å². The van der Waals surface area contributed by atoms with E-state index in [1.807, 2.05) is 4.57 Å². The van der Waals surface area contributed by atoms with E-state index in [1.54, 1.807) is 6.07 Å². The van der Waals surface area contributed by atoms with Gasteiger partial charge in [0.05, 0.1) is 45.0 Å². The lowest BCUT2D eigenvalue weighted by molar-refractivity contribution is -0.384. The molecule has 2 saturated heterocycles. The molecule has 9 nitrogen and oxygen atoms in total. The predicted octanol–water partition coefficient (Wildman–Crippen LogP) is 1.58. The highest BCUT2D eigenvalue weighted by molar-refractivity contribution is 8.01. The average Bonchev–Trinajstić information content (AvgIpc) is 3.21. The number of imidazole rings is 1. The Bertz CT molecular complexity index is 1140. The maximum atomic E-state index is 11.9. The molecule has 0 saturated carbocycles. The van der Waals surface area contributed by atoms with E-state index >= 15 is 0 Å². The summed E-state index contributed by atoms with van der Waals surface area (Å²) < 4.78 is 49.2. The number of hydrogen-bond donors (Lipinski definition) is 0. The quantitative estimate of drug-likeness (QED) is 0.527. The number of nitrogens with zero attached hydrogens (tertiary/aromatic N) is 3. The first-order valence-corrected chi connectivity index (χ1v) is 12.9. The number of non-ortho nitro benzene ring substituents is 1. The number of rotatable bonds is 4. The Morgan fingerprint density at radius 2 is 1.81 bits per heavy atom. The Hall–Kier alpha value is -1.66. The minimum absolute atomic E-state index is 0.00796. The maximum absolute atomic E-state index is 11.9. The first-order valence-electron chi connectivity index (χ1n) is 8.37. The van der Waals surface area contributed by atoms with Crippen molar-refractivity contribution in [3.05, 3.63) is 28.3 Å². The number of sulfone groups is 2. The van der Waals surface area contributed by atoms with Gasteiger partial charge in [-0.2, -0.15) is 0 Å². The van der Waals surface area contributed by atoms with Gasteiger partial charge in [-0.05, 0) is 18.9 Å². The first kappa shape index (κ1) is 18.7. The Balaban J connectivity index is 1.78. The third-order valence-electron chi connectivity index (χ3n) is 4.89. The van der Waals surface area contributed by atoms with Crippen LogP contribution in [0.5, 0.6) is 0 Å². The average molecular weight is 432 g/mol. The van der Waals surface area contributed by atoms with Crippen LogP contribution < -0.4 is 0 Å². The van der Waals surface area contributed by atoms with Crippen LogP contribution >= 0.6 is 11.8 Å². The molecule has 146 valence electrons. The summed E-state index contributed by atoms with van der Waals surface area (Å²) in [7, 11) is -6.19. The van der Waals surface area contributed by atoms with Gasteiger partial charge >= 0.3 is 0 Å². The fourth-order valence-corrected chi connectivity index (χ4v) is 8.93. The Kier molecular flexibility index (Phi) is 4.47. The molecule has 3 heterocycles. The Morgan fingerprint density at radius 3 is 2.41 bits per heavy atom. The van der Waals surface area contributed by atoms with Crippen molar-refractivity contribution in [3.8, 4) is 0 Å². The smallest absolute Gasteiger partial charge is 0.271 e. The van der Waals surface area contributed by atoms with E-state index in [0.717, 1.165) is 0 Å². The number of nitro benzene ring substituents is 1. The molecule has 2 aliphatic rings. The molecule has 2 fully saturated rings. The van der Waals surface area contributed by atoms with E-state index in [0.29, 0.717) is 29.0 Å². The zero-order valence-electron chi connectivity index (χ0n) is 14.1. The van der Waals surface area contributed by atoms with E-state index in [-0.39, 0.29) is 40.0 Å². The third-order valence-corrected chi connectivity index (χ3v) is 9.85. The molecule has 12 heteroatoms. The highest BCUT2D eigenvalue weighted by atomic mass is 32.2.